The Balaban J connectivity index is 1.95. The first kappa shape index (κ1) is 10.6. The van der Waals surface area contributed by atoms with Crippen LogP contribution in [0.25, 0.3) is 0 Å². The molecular weight excluding hydrogens is 222 g/mol. The van der Waals surface area contributed by atoms with Crippen LogP contribution >= 0.6 is 12.2 Å². The third-order valence-corrected chi connectivity index (χ3v) is 2.10. The Morgan fingerprint density at radius 1 is 1.25 bits per heavy atom. The van der Waals surface area contributed by atoms with E-state index in [1.807, 2.05) is 37.3 Å². The molecule has 0 amide bonds. The Hall–Kier alpha value is -1.88. The minimum absolute atomic E-state index is 0.474. The molecule has 0 aliphatic rings. The summed E-state index contributed by atoms with van der Waals surface area (Å²) in [6.07, 6.45) is 0. The molecule has 5 heteroatoms. The third kappa shape index (κ3) is 2.80. The first-order valence-corrected chi connectivity index (χ1v) is 5.21. The van der Waals surface area contributed by atoms with Gasteiger partial charge in [-0.2, -0.15) is 0 Å². The summed E-state index contributed by atoms with van der Waals surface area (Å²) in [6, 6.07) is 11.5. The second-order valence-corrected chi connectivity index (χ2v) is 3.69. The van der Waals surface area contributed by atoms with Gasteiger partial charge in [0.1, 0.15) is 0 Å². The molecular formula is C11H11N3OS. The fraction of sp³-hybridized carbons (Fsp3) is 0.0909. The maximum atomic E-state index is 5.12. The summed E-state index contributed by atoms with van der Waals surface area (Å²) in [5.74, 6) is 0.533. The van der Waals surface area contributed by atoms with Crippen molar-refractivity contribution in [1.82, 2.24) is 5.16 Å². The van der Waals surface area contributed by atoms with Crippen LogP contribution in [0.15, 0.2) is 40.9 Å². The summed E-state index contributed by atoms with van der Waals surface area (Å²) in [7, 11) is 0. The zero-order chi connectivity index (χ0) is 11.4. The first-order valence-electron chi connectivity index (χ1n) is 4.80. The molecule has 0 aliphatic carbocycles. The highest BCUT2D eigenvalue weighted by molar-refractivity contribution is 7.80. The predicted octanol–water partition coefficient (Wildman–Crippen LogP) is 2.79. The van der Waals surface area contributed by atoms with E-state index in [1.54, 1.807) is 6.07 Å². The van der Waals surface area contributed by atoms with E-state index in [0.29, 0.717) is 11.0 Å². The van der Waals surface area contributed by atoms with Gasteiger partial charge < -0.3 is 15.2 Å². The van der Waals surface area contributed by atoms with Crippen molar-refractivity contribution in [3.05, 3.63) is 42.1 Å². The minimum Gasteiger partial charge on any atom is -0.338 e. The highest BCUT2D eigenvalue weighted by atomic mass is 32.1. The zero-order valence-corrected chi connectivity index (χ0v) is 9.54. The average molecular weight is 233 g/mol. The summed E-state index contributed by atoms with van der Waals surface area (Å²) in [5, 5.41) is 10.2. The quantitative estimate of drug-likeness (QED) is 0.781. The number of nitrogens with zero attached hydrogens (tertiary/aromatic N) is 1. The molecule has 1 aromatic carbocycles. The minimum atomic E-state index is 0.474. The van der Waals surface area contributed by atoms with Gasteiger partial charge in [-0.15, -0.1) is 0 Å². The molecule has 4 nitrogen and oxygen atoms in total. The monoisotopic (exact) mass is 233 g/mol. The standard InChI is InChI=1S/C11H11N3OS/c1-8-7-10(15-14-8)13-11(16)12-9-5-3-2-4-6-9/h2-7H,1H3,(H2,12,13,16). The molecule has 1 heterocycles. The molecule has 82 valence electrons. The first-order chi connectivity index (χ1) is 7.74. The van der Waals surface area contributed by atoms with Crippen LogP contribution in [0.3, 0.4) is 0 Å². The van der Waals surface area contributed by atoms with Gasteiger partial charge in [0.15, 0.2) is 5.11 Å². The lowest BCUT2D eigenvalue weighted by molar-refractivity contribution is 0.430. The maximum Gasteiger partial charge on any atom is 0.231 e. The van der Waals surface area contributed by atoms with Crippen LogP contribution in [0, 0.1) is 6.92 Å². The maximum absolute atomic E-state index is 5.12. The average Bonchev–Trinajstić information content (AvgIpc) is 2.65. The number of para-hydroxylation sites is 1. The van der Waals surface area contributed by atoms with E-state index < -0.39 is 0 Å². The highest BCUT2D eigenvalue weighted by Crippen LogP contribution is 2.10. The van der Waals surface area contributed by atoms with Gasteiger partial charge in [0.25, 0.3) is 0 Å². The molecule has 0 bridgehead atoms. The van der Waals surface area contributed by atoms with Crippen molar-refractivity contribution < 1.29 is 4.52 Å². The number of aromatic nitrogens is 1. The fourth-order valence-electron chi connectivity index (χ4n) is 1.22. The number of hydrogen-bond donors (Lipinski definition) is 2. The summed E-state index contributed by atoms with van der Waals surface area (Å²) in [6.45, 7) is 1.85. The molecule has 2 N–H and O–H groups in total. The van der Waals surface area contributed by atoms with E-state index in [2.05, 4.69) is 15.8 Å². The molecule has 0 aliphatic heterocycles. The predicted molar refractivity (Wildman–Crippen MR) is 67.5 cm³/mol. The second-order valence-electron chi connectivity index (χ2n) is 3.28. The van der Waals surface area contributed by atoms with Gasteiger partial charge in [-0.3, -0.25) is 0 Å². The van der Waals surface area contributed by atoms with Gasteiger partial charge in [0.2, 0.25) is 5.88 Å². The molecule has 0 saturated heterocycles. The largest absolute Gasteiger partial charge is 0.338 e. The molecule has 0 saturated carbocycles. The van der Waals surface area contributed by atoms with Crippen LogP contribution in [0.4, 0.5) is 11.6 Å². The normalized spacial score (nSPS) is 9.81. The summed E-state index contributed by atoms with van der Waals surface area (Å²) >= 11 is 5.12. The van der Waals surface area contributed by atoms with Crippen molar-refractivity contribution in [1.29, 1.82) is 0 Å². The van der Waals surface area contributed by atoms with Crippen LogP contribution in [0.5, 0.6) is 0 Å². The topological polar surface area (TPSA) is 50.1 Å². The number of aryl methyl sites for hydroxylation is 1. The zero-order valence-electron chi connectivity index (χ0n) is 8.73. The summed E-state index contributed by atoms with van der Waals surface area (Å²) < 4.78 is 4.98. The molecule has 1 aromatic heterocycles. The SMILES string of the molecule is Cc1cc(NC(=S)Nc2ccccc2)on1. The van der Waals surface area contributed by atoms with Crippen LogP contribution in [0.2, 0.25) is 0 Å². The smallest absolute Gasteiger partial charge is 0.231 e. The molecule has 2 aromatic rings. The number of benzene rings is 1. The van der Waals surface area contributed by atoms with Gasteiger partial charge in [0.05, 0.1) is 5.69 Å². The van der Waals surface area contributed by atoms with Gasteiger partial charge in [0, 0.05) is 11.8 Å². The van der Waals surface area contributed by atoms with Crippen LogP contribution < -0.4 is 10.6 Å². The molecule has 0 atom stereocenters. The third-order valence-electron chi connectivity index (χ3n) is 1.90. The van der Waals surface area contributed by atoms with E-state index >= 15 is 0 Å². The number of rotatable bonds is 2. The van der Waals surface area contributed by atoms with Gasteiger partial charge in [-0.1, -0.05) is 23.4 Å². The Kier molecular flexibility index (Phi) is 3.16. The Bertz CT molecular complexity index is 481. The van der Waals surface area contributed by atoms with E-state index in [0.717, 1.165) is 11.4 Å². The number of nitrogens with one attached hydrogen (secondary N) is 2. The molecule has 16 heavy (non-hydrogen) atoms. The lowest BCUT2D eigenvalue weighted by Crippen LogP contribution is -2.18. The summed E-state index contributed by atoms with van der Waals surface area (Å²) in [5.41, 5.74) is 1.74. The molecule has 0 spiro atoms. The van der Waals surface area contributed by atoms with Crippen molar-refractivity contribution >= 4 is 28.9 Å². The Morgan fingerprint density at radius 2 is 2.00 bits per heavy atom. The van der Waals surface area contributed by atoms with E-state index in [9.17, 15) is 0 Å². The van der Waals surface area contributed by atoms with Crippen LogP contribution in [-0.4, -0.2) is 10.3 Å². The van der Waals surface area contributed by atoms with Crippen molar-refractivity contribution in [2.24, 2.45) is 0 Å². The van der Waals surface area contributed by atoms with Gasteiger partial charge >= 0.3 is 0 Å². The lowest BCUT2D eigenvalue weighted by atomic mass is 10.3. The van der Waals surface area contributed by atoms with E-state index in [1.165, 1.54) is 0 Å². The van der Waals surface area contributed by atoms with Crippen LogP contribution in [-0.2, 0) is 0 Å². The van der Waals surface area contributed by atoms with Crippen molar-refractivity contribution in [3.8, 4) is 0 Å². The molecule has 2 rings (SSSR count). The highest BCUT2D eigenvalue weighted by Gasteiger charge is 2.02. The van der Waals surface area contributed by atoms with E-state index in [4.69, 9.17) is 16.7 Å². The van der Waals surface area contributed by atoms with E-state index in [-0.39, 0.29) is 0 Å². The summed E-state index contributed by atoms with van der Waals surface area (Å²) in [4.78, 5) is 0. The Morgan fingerprint density at radius 3 is 2.62 bits per heavy atom. The molecule has 0 unspecified atom stereocenters. The van der Waals surface area contributed by atoms with Gasteiger partial charge in [-0.25, -0.2) is 0 Å². The number of thiocarbonyl (C=S) groups is 1. The van der Waals surface area contributed by atoms with Crippen molar-refractivity contribution in [2.45, 2.75) is 6.92 Å². The van der Waals surface area contributed by atoms with Gasteiger partial charge in [-0.05, 0) is 31.3 Å². The fourth-order valence-corrected chi connectivity index (χ4v) is 1.44. The lowest BCUT2D eigenvalue weighted by Gasteiger charge is -2.07. The Labute approximate surface area is 98.6 Å². The number of anilines is 2. The second kappa shape index (κ2) is 4.76. The van der Waals surface area contributed by atoms with Crippen molar-refractivity contribution in [3.63, 3.8) is 0 Å². The molecule has 0 fully saturated rings. The molecule has 0 radical (unpaired) electrons. The van der Waals surface area contributed by atoms with Crippen LogP contribution in [0.1, 0.15) is 5.69 Å². The number of hydrogen-bond acceptors (Lipinski definition) is 3. The van der Waals surface area contributed by atoms with Crippen molar-refractivity contribution in [2.75, 3.05) is 10.6 Å².